The van der Waals surface area contributed by atoms with Crippen molar-refractivity contribution in [3.63, 3.8) is 0 Å². The van der Waals surface area contributed by atoms with Gasteiger partial charge in [-0.15, -0.1) is 0 Å². The fourth-order valence-corrected chi connectivity index (χ4v) is 3.33. The van der Waals surface area contributed by atoms with Gasteiger partial charge < -0.3 is 25.8 Å². The van der Waals surface area contributed by atoms with Crippen LogP contribution < -0.4 is 20.7 Å². The second-order valence-corrected chi connectivity index (χ2v) is 7.35. The predicted molar refractivity (Wildman–Crippen MR) is 115 cm³/mol. The second-order valence-electron chi connectivity index (χ2n) is 7.35. The van der Waals surface area contributed by atoms with E-state index >= 15 is 0 Å². The van der Waals surface area contributed by atoms with E-state index in [1.165, 1.54) is 6.07 Å². The molecule has 1 aliphatic heterocycles. The quantitative estimate of drug-likeness (QED) is 0.561. The van der Waals surface area contributed by atoms with Gasteiger partial charge in [-0.05, 0) is 24.1 Å². The number of aliphatic carboxylic acids is 1. The third-order valence-corrected chi connectivity index (χ3v) is 4.99. The van der Waals surface area contributed by atoms with Crippen molar-refractivity contribution in [2.45, 2.75) is 31.3 Å². The van der Waals surface area contributed by atoms with Crippen molar-refractivity contribution < 1.29 is 29.0 Å². The molecule has 4 N–H and O–H groups in total. The molecule has 3 rings (SSSR count). The molecule has 168 valence electrons. The van der Waals surface area contributed by atoms with Gasteiger partial charge in [-0.1, -0.05) is 42.5 Å². The van der Waals surface area contributed by atoms with Gasteiger partial charge in [-0.25, -0.2) is 4.79 Å². The average Bonchev–Trinajstić information content (AvgIpc) is 2.79. The number of carboxylic acid groups (broad SMARTS) is 1. The highest BCUT2D eigenvalue weighted by atomic mass is 16.5. The van der Waals surface area contributed by atoms with Crippen LogP contribution in [0.25, 0.3) is 0 Å². The summed E-state index contributed by atoms with van der Waals surface area (Å²) in [6.07, 6.45) is -0.0230. The second kappa shape index (κ2) is 10.9. The van der Waals surface area contributed by atoms with E-state index in [4.69, 9.17) is 4.74 Å². The van der Waals surface area contributed by atoms with Crippen molar-refractivity contribution in [3.8, 4) is 5.75 Å². The van der Waals surface area contributed by atoms with Gasteiger partial charge in [-0.3, -0.25) is 14.4 Å². The molecule has 0 aromatic heterocycles. The summed E-state index contributed by atoms with van der Waals surface area (Å²) in [7, 11) is 0. The zero-order valence-corrected chi connectivity index (χ0v) is 17.4. The Morgan fingerprint density at radius 3 is 2.47 bits per heavy atom. The Labute approximate surface area is 185 Å². The number of hydrogen-bond donors (Lipinski definition) is 4. The van der Waals surface area contributed by atoms with Gasteiger partial charge >= 0.3 is 5.97 Å². The molecule has 1 aliphatic rings. The highest BCUT2D eigenvalue weighted by Gasteiger charge is 2.26. The first-order valence-corrected chi connectivity index (χ1v) is 10.3. The first-order valence-electron chi connectivity index (χ1n) is 10.3. The van der Waals surface area contributed by atoms with E-state index in [0.29, 0.717) is 0 Å². The van der Waals surface area contributed by atoms with Crippen molar-refractivity contribution in [3.05, 3.63) is 65.7 Å². The minimum atomic E-state index is -1.27. The lowest BCUT2D eigenvalue weighted by Crippen LogP contribution is -2.49. The molecule has 0 saturated heterocycles. The number of rotatable bonds is 3. The molecule has 2 aromatic rings. The van der Waals surface area contributed by atoms with Crippen LogP contribution in [0.4, 0.5) is 0 Å². The minimum absolute atomic E-state index is 0.0877. The molecule has 0 radical (unpaired) electrons. The predicted octanol–water partition coefficient (Wildman–Crippen LogP) is 0.886. The lowest BCUT2D eigenvalue weighted by atomic mass is 10.0. The van der Waals surface area contributed by atoms with Gasteiger partial charge in [-0.2, -0.15) is 0 Å². The number of para-hydroxylation sites is 1. The number of fused-ring (bicyclic) bond motifs is 1. The Morgan fingerprint density at radius 1 is 1.00 bits per heavy atom. The maximum absolute atomic E-state index is 12.7. The molecule has 1 heterocycles. The standard InChI is InChI=1S/C23H25N3O6/c27-20-11-10-17(23(30)31)26-21(28)16-8-4-5-9-19(16)32-13-12-24-22(29)18(25-20)14-15-6-2-1-3-7-15/h1-9,17-18H,10-14H2,(H,24,29)(H,25,27)(H,26,28)(H,30,31)/t17-,18-/m0/s1. The van der Waals surface area contributed by atoms with Crippen LogP contribution in [-0.4, -0.2) is 54.0 Å². The van der Waals surface area contributed by atoms with Crippen LogP contribution in [0.5, 0.6) is 5.75 Å². The molecule has 3 amide bonds. The molecule has 0 fully saturated rings. The van der Waals surface area contributed by atoms with Crippen LogP contribution >= 0.6 is 0 Å². The van der Waals surface area contributed by atoms with Crippen LogP contribution in [0, 0.1) is 0 Å². The van der Waals surface area contributed by atoms with E-state index in [1.807, 2.05) is 30.3 Å². The summed E-state index contributed by atoms with van der Waals surface area (Å²) in [4.78, 5) is 49.5. The van der Waals surface area contributed by atoms with E-state index in [0.717, 1.165) is 5.56 Å². The number of ether oxygens (including phenoxy) is 1. The van der Waals surface area contributed by atoms with E-state index in [9.17, 15) is 24.3 Å². The Kier molecular flexibility index (Phi) is 7.80. The summed E-state index contributed by atoms with van der Waals surface area (Å²) in [5.74, 6) is -2.46. The summed E-state index contributed by atoms with van der Waals surface area (Å²) >= 11 is 0. The summed E-state index contributed by atoms with van der Waals surface area (Å²) in [5.41, 5.74) is 1.04. The molecule has 32 heavy (non-hydrogen) atoms. The highest BCUT2D eigenvalue weighted by molar-refractivity contribution is 5.99. The molecule has 2 aromatic carbocycles. The molecule has 0 unspecified atom stereocenters. The van der Waals surface area contributed by atoms with Crippen molar-refractivity contribution in [2.24, 2.45) is 0 Å². The van der Waals surface area contributed by atoms with Crippen molar-refractivity contribution >= 4 is 23.7 Å². The van der Waals surface area contributed by atoms with Gasteiger partial charge in [0, 0.05) is 12.8 Å². The molecular weight excluding hydrogens is 414 g/mol. The monoisotopic (exact) mass is 439 g/mol. The molecule has 2 atom stereocenters. The number of amides is 3. The first kappa shape index (κ1) is 22.8. The van der Waals surface area contributed by atoms with Crippen LogP contribution in [-0.2, 0) is 20.8 Å². The number of carboxylic acids is 1. The average molecular weight is 439 g/mol. The zero-order chi connectivity index (χ0) is 22.9. The Balaban J connectivity index is 1.81. The minimum Gasteiger partial charge on any atom is -0.491 e. The van der Waals surface area contributed by atoms with Gasteiger partial charge in [0.1, 0.15) is 24.4 Å². The molecule has 9 nitrogen and oxygen atoms in total. The van der Waals surface area contributed by atoms with Crippen LogP contribution in [0.3, 0.4) is 0 Å². The molecular formula is C23H25N3O6. The Morgan fingerprint density at radius 2 is 1.72 bits per heavy atom. The van der Waals surface area contributed by atoms with E-state index in [2.05, 4.69) is 16.0 Å². The first-order chi connectivity index (χ1) is 15.4. The van der Waals surface area contributed by atoms with Gasteiger partial charge in [0.25, 0.3) is 5.91 Å². The van der Waals surface area contributed by atoms with Crippen LogP contribution in [0.15, 0.2) is 54.6 Å². The SMILES string of the molecule is O=C1CC[C@@H](C(=O)O)NC(=O)c2ccccc2OCCNC(=O)[C@H](Cc2ccccc2)N1. The van der Waals surface area contributed by atoms with Gasteiger partial charge in [0.05, 0.1) is 12.1 Å². The smallest absolute Gasteiger partial charge is 0.326 e. The topological polar surface area (TPSA) is 134 Å². The van der Waals surface area contributed by atoms with E-state index in [1.54, 1.807) is 18.2 Å². The fraction of sp³-hybridized carbons (Fsp3) is 0.304. The lowest BCUT2D eigenvalue weighted by molar-refractivity contribution is -0.139. The zero-order valence-electron chi connectivity index (χ0n) is 17.4. The Bertz CT molecular complexity index is 979. The molecule has 0 saturated carbocycles. The number of carbonyl (C=O) groups is 4. The maximum atomic E-state index is 12.7. The maximum Gasteiger partial charge on any atom is 0.326 e. The normalized spacial score (nSPS) is 20.3. The molecule has 0 aliphatic carbocycles. The number of carbonyl (C=O) groups excluding carboxylic acids is 3. The highest BCUT2D eigenvalue weighted by Crippen LogP contribution is 2.18. The number of benzene rings is 2. The van der Waals surface area contributed by atoms with Crippen LogP contribution in [0.1, 0.15) is 28.8 Å². The summed E-state index contributed by atoms with van der Waals surface area (Å²) in [6.45, 7) is 0.248. The molecule has 0 bridgehead atoms. The summed E-state index contributed by atoms with van der Waals surface area (Å²) < 4.78 is 5.64. The van der Waals surface area contributed by atoms with Crippen molar-refractivity contribution in [2.75, 3.05) is 13.2 Å². The summed E-state index contributed by atoms with van der Waals surface area (Å²) in [6, 6.07) is 13.6. The van der Waals surface area contributed by atoms with Crippen molar-refractivity contribution in [1.29, 1.82) is 0 Å². The van der Waals surface area contributed by atoms with Gasteiger partial charge in [0.2, 0.25) is 11.8 Å². The third kappa shape index (κ3) is 6.31. The Hall–Kier alpha value is -3.88. The summed E-state index contributed by atoms with van der Waals surface area (Å²) in [5, 5.41) is 17.3. The van der Waals surface area contributed by atoms with E-state index < -0.39 is 29.9 Å². The molecule has 0 spiro atoms. The van der Waals surface area contributed by atoms with Gasteiger partial charge in [0.15, 0.2) is 0 Å². The largest absolute Gasteiger partial charge is 0.491 e. The van der Waals surface area contributed by atoms with Crippen LogP contribution in [0.2, 0.25) is 0 Å². The lowest BCUT2D eigenvalue weighted by Gasteiger charge is -2.19. The van der Waals surface area contributed by atoms with Crippen molar-refractivity contribution in [1.82, 2.24) is 16.0 Å². The third-order valence-electron chi connectivity index (χ3n) is 4.99. The molecule has 9 heteroatoms. The fourth-order valence-electron chi connectivity index (χ4n) is 3.33. The van der Waals surface area contributed by atoms with E-state index in [-0.39, 0.29) is 49.6 Å². The number of hydrogen-bond acceptors (Lipinski definition) is 5. The number of nitrogens with one attached hydrogen (secondary N) is 3.